The molecule has 2 bridgehead atoms. The highest BCUT2D eigenvalue weighted by atomic mass is 16.2. The van der Waals surface area contributed by atoms with Crippen LogP contribution in [0.25, 0.3) is 0 Å². The van der Waals surface area contributed by atoms with Gasteiger partial charge in [0.25, 0.3) is 0 Å². The molecule has 2 aliphatic heterocycles. The summed E-state index contributed by atoms with van der Waals surface area (Å²) in [6.07, 6.45) is 11.9. The van der Waals surface area contributed by atoms with E-state index in [4.69, 9.17) is 6.42 Å². The molecule has 18 heavy (non-hydrogen) atoms. The average molecular weight is 248 g/mol. The number of fused-ring (bicyclic) bond motifs is 2. The number of rotatable bonds is 5. The number of terminal acetylenes is 1. The average Bonchev–Trinajstić information content (AvgIpc) is 2.68. The van der Waals surface area contributed by atoms with E-state index in [1.807, 2.05) is 4.90 Å². The van der Waals surface area contributed by atoms with Gasteiger partial charge in [0, 0.05) is 25.0 Å². The molecular formula is C15H24N2O. The molecule has 2 heterocycles. The van der Waals surface area contributed by atoms with Crippen molar-refractivity contribution in [3.8, 4) is 12.3 Å². The van der Waals surface area contributed by atoms with E-state index in [0.717, 1.165) is 25.8 Å². The largest absolute Gasteiger partial charge is 0.332 e. The molecule has 0 aromatic rings. The molecule has 3 heteroatoms. The Hall–Kier alpha value is -1.01. The molecule has 0 aliphatic carbocycles. The van der Waals surface area contributed by atoms with E-state index in [-0.39, 0.29) is 5.91 Å². The van der Waals surface area contributed by atoms with Gasteiger partial charge in [-0.2, -0.15) is 0 Å². The molecule has 2 atom stereocenters. The van der Waals surface area contributed by atoms with E-state index in [1.54, 1.807) is 0 Å². The van der Waals surface area contributed by atoms with E-state index in [2.05, 4.69) is 18.2 Å². The lowest BCUT2D eigenvalue weighted by Crippen LogP contribution is -2.40. The molecule has 2 saturated heterocycles. The normalized spacial score (nSPS) is 29.9. The van der Waals surface area contributed by atoms with Crippen LogP contribution in [0.2, 0.25) is 0 Å². The number of nitrogens with zero attached hydrogens (tertiary/aromatic N) is 1. The lowest BCUT2D eigenvalue weighted by atomic mass is 9.89. The summed E-state index contributed by atoms with van der Waals surface area (Å²) in [5, 5.41) is 3.62. The molecule has 2 aliphatic rings. The second-order valence-corrected chi connectivity index (χ2v) is 5.70. The Bertz CT molecular complexity index is 322. The fourth-order valence-corrected chi connectivity index (χ4v) is 3.39. The van der Waals surface area contributed by atoms with Crippen molar-refractivity contribution in [1.82, 2.24) is 10.2 Å². The van der Waals surface area contributed by atoms with Crippen LogP contribution in [-0.4, -0.2) is 36.0 Å². The number of piperidine rings is 1. The van der Waals surface area contributed by atoms with E-state index in [0.29, 0.717) is 31.0 Å². The van der Waals surface area contributed by atoms with Gasteiger partial charge in [0.15, 0.2) is 0 Å². The molecule has 0 saturated carbocycles. The number of carbonyl (C=O) groups is 1. The molecule has 2 fully saturated rings. The number of hydrogen-bond acceptors (Lipinski definition) is 2. The number of carbonyl (C=O) groups excluding carboxylic acids is 1. The monoisotopic (exact) mass is 248 g/mol. The van der Waals surface area contributed by atoms with Gasteiger partial charge in [0.1, 0.15) is 0 Å². The molecule has 2 rings (SSSR count). The highest BCUT2D eigenvalue weighted by Crippen LogP contribution is 2.32. The first-order valence-corrected chi connectivity index (χ1v) is 7.20. The highest BCUT2D eigenvalue weighted by Gasteiger charge is 2.34. The molecule has 100 valence electrons. The highest BCUT2D eigenvalue weighted by molar-refractivity contribution is 5.76. The first-order valence-electron chi connectivity index (χ1n) is 7.20. The van der Waals surface area contributed by atoms with E-state index < -0.39 is 0 Å². The Balaban J connectivity index is 1.84. The quantitative estimate of drug-likeness (QED) is 0.752. The van der Waals surface area contributed by atoms with Gasteiger partial charge in [0.05, 0.1) is 6.54 Å². The Labute approximate surface area is 110 Å². The van der Waals surface area contributed by atoms with Crippen LogP contribution in [0.15, 0.2) is 0 Å². The molecule has 3 nitrogen and oxygen atoms in total. The summed E-state index contributed by atoms with van der Waals surface area (Å²) in [4.78, 5) is 14.1. The van der Waals surface area contributed by atoms with Crippen molar-refractivity contribution in [2.75, 3.05) is 13.1 Å². The van der Waals surface area contributed by atoms with Crippen molar-refractivity contribution in [2.24, 2.45) is 5.92 Å². The summed E-state index contributed by atoms with van der Waals surface area (Å²) in [5.41, 5.74) is 0. The summed E-state index contributed by atoms with van der Waals surface area (Å²) in [6.45, 7) is 3.34. The molecular weight excluding hydrogens is 224 g/mol. The van der Waals surface area contributed by atoms with E-state index in [9.17, 15) is 4.79 Å². The molecule has 0 aromatic carbocycles. The number of hydrogen-bond donors (Lipinski definition) is 1. The Kier molecular flexibility index (Phi) is 4.66. The zero-order valence-corrected chi connectivity index (χ0v) is 11.3. The maximum Gasteiger partial charge on any atom is 0.223 e. The van der Waals surface area contributed by atoms with Gasteiger partial charge in [0.2, 0.25) is 5.91 Å². The molecule has 1 amide bonds. The van der Waals surface area contributed by atoms with Crippen LogP contribution in [0, 0.1) is 18.3 Å². The van der Waals surface area contributed by atoms with Crippen LogP contribution < -0.4 is 5.32 Å². The summed E-state index contributed by atoms with van der Waals surface area (Å²) in [7, 11) is 0. The standard InChI is InChI=1S/C15H24N2O/c1-3-7-17(8-4-2)15(18)11-12-9-13-5-6-14(10-12)16-13/h1,12-14,16H,4-11H2,2H3. The van der Waals surface area contributed by atoms with Crippen LogP contribution >= 0.6 is 0 Å². The second kappa shape index (κ2) is 6.24. The van der Waals surface area contributed by atoms with Gasteiger partial charge in [-0.15, -0.1) is 6.42 Å². The zero-order valence-electron chi connectivity index (χ0n) is 11.3. The second-order valence-electron chi connectivity index (χ2n) is 5.70. The van der Waals surface area contributed by atoms with Crippen LogP contribution in [-0.2, 0) is 4.79 Å². The SMILES string of the molecule is C#CCN(CCC)C(=O)CC1CC2CCC(C1)N2. The van der Waals surface area contributed by atoms with Gasteiger partial charge in [-0.05, 0) is 38.0 Å². The van der Waals surface area contributed by atoms with Crippen LogP contribution in [0.3, 0.4) is 0 Å². The van der Waals surface area contributed by atoms with E-state index in [1.165, 1.54) is 12.8 Å². The summed E-state index contributed by atoms with van der Waals surface area (Å²) < 4.78 is 0. The minimum Gasteiger partial charge on any atom is -0.332 e. The van der Waals surface area contributed by atoms with Gasteiger partial charge in [-0.25, -0.2) is 0 Å². The molecule has 0 aromatic heterocycles. The Morgan fingerprint density at radius 2 is 2.06 bits per heavy atom. The third-order valence-electron chi connectivity index (χ3n) is 4.16. The van der Waals surface area contributed by atoms with Crippen LogP contribution in [0.1, 0.15) is 45.4 Å². The lowest BCUT2D eigenvalue weighted by molar-refractivity contribution is -0.131. The van der Waals surface area contributed by atoms with Crippen LogP contribution in [0.5, 0.6) is 0 Å². The molecule has 0 radical (unpaired) electrons. The Morgan fingerprint density at radius 3 is 2.61 bits per heavy atom. The summed E-state index contributed by atoms with van der Waals surface area (Å²) in [6, 6.07) is 1.32. The number of nitrogens with one attached hydrogen (secondary N) is 1. The Morgan fingerprint density at radius 1 is 1.39 bits per heavy atom. The molecule has 1 N–H and O–H groups in total. The first-order chi connectivity index (χ1) is 8.72. The van der Waals surface area contributed by atoms with Crippen molar-refractivity contribution in [3.63, 3.8) is 0 Å². The van der Waals surface area contributed by atoms with Gasteiger partial charge in [-0.3, -0.25) is 4.79 Å². The lowest BCUT2D eigenvalue weighted by Gasteiger charge is -2.30. The van der Waals surface area contributed by atoms with Crippen molar-refractivity contribution >= 4 is 5.91 Å². The molecule has 2 unspecified atom stereocenters. The predicted molar refractivity (Wildman–Crippen MR) is 73.0 cm³/mol. The van der Waals surface area contributed by atoms with Crippen molar-refractivity contribution in [1.29, 1.82) is 0 Å². The summed E-state index contributed by atoms with van der Waals surface area (Å²) in [5.74, 6) is 3.41. The number of amides is 1. The zero-order chi connectivity index (χ0) is 13.0. The van der Waals surface area contributed by atoms with E-state index >= 15 is 0 Å². The summed E-state index contributed by atoms with van der Waals surface area (Å²) >= 11 is 0. The van der Waals surface area contributed by atoms with Crippen molar-refractivity contribution in [3.05, 3.63) is 0 Å². The smallest absolute Gasteiger partial charge is 0.223 e. The van der Waals surface area contributed by atoms with Crippen molar-refractivity contribution < 1.29 is 4.79 Å². The molecule has 0 spiro atoms. The minimum atomic E-state index is 0.251. The predicted octanol–water partition coefficient (Wildman–Crippen LogP) is 1.78. The fraction of sp³-hybridized carbons (Fsp3) is 0.800. The van der Waals surface area contributed by atoms with Crippen LogP contribution in [0.4, 0.5) is 0 Å². The fourth-order valence-electron chi connectivity index (χ4n) is 3.39. The van der Waals surface area contributed by atoms with Gasteiger partial charge < -0.3 is 10.2 Å². The topological polar surface area (TPSA) is 32.3 Å². The third-order valence-corrected chi connectivity index (χ3v) is 4.16. The minimum absolute atomic E-state index is 0.251. The van der Waals surface area contributed by atoms with Gasteiger partial charge in [-0.1, -0.05) is 12.8 Å². The van der Waals surface area contributed by atoms with Crippen molar-refractivity contribution in [2.45, 2.75) is 57.5 Å². The third kappa shape index (κ3) is 3.26. The maximum atomic E-state index is 12.2. The first kappa shape index (κ1) is 13.4. The maximum absolute atomic E-state index is 12.2. The van der Waals surface area contributed by atoms with Gasteiger partial charge >= 0.3 is 0 Å².